The number of nitrogen functional groups attached to an aromatic ring is 1. The number of thiophene rings is 1. The number of nitrogens with zero attached hydrogens (tertiary/aromatic N) is 1. The van der Waals surface area contributed by atoms with Crippen molar-refractivity contribution in [3.05, 3.63) is 16.0 Å². The molecule has 17 heavy (non-hydrogen) atoms. The number of rotatable bonds is 2. The lowest BCUT2D eigenvalue weighted by molar-refractivity contribution is 0.249. The SMILES string of the molecule is CCC(C)C1CC(F)Cc2sc(N)c(C#N)c21. The van der Waals surface area contributed by atoms with Gasteiger partial charge in [0.05, 0.1) is 5.56 Å². The van der Waals surface area contributed by atoms with Crippen LogP contribution in [0.1, 0.15) is 48.6 Å². The molecular weight excluding hydrogens is 235 g/mol. The van der Waals surface area contributed by atoms with E-state index >= 15 is 0 Å². The van der Waals surface area contributed by atoms with Crippen molar-refractivity contribution in [2.24, 2.45) is 5.92 Å². The van der Waals surface area contributed by atoms with E-state index in [-0.39, 0.29) is 5.92 Å². The highest BCUT2D eigenvalue weighted by Gasteiger charge is 2.34. The van der Waals surface area contributed by atoms with Gasteiger partial charge in [-0.1, -0.05) is 20.3 Å². The highest BCUT2D eigenvalue weighted by molar-refractivity contribution is 7.16. The minimum atomic E-state index is -0.786. The summed E-state index contributed by atoms with van der Waals surface area (Å²) in [5.41, 5.74) is 7.49. The molecule has 2 N–H and O–H groups in total. The van der Waals surface area contributed by atoms with Crippen molar-refractivity contribution in [2.45, 2.75) is 45.2 Å². The number of hydrogen-bond donors (Lipinski definition) is 1. The Labute approximate surface area is 105 Å². The number of nitrogens with two attached hydrogens (primary N) is 1. The third-order valence-electron chi connectivity index (χ3n) is 3.78. The molecule has 1 aromatic rings. The van der Waals surface area contributed by atoms with E-state index in [0.29, 0.717) is 29.3 Å². The van der Waals surface area contributed by atoms with Crippen molar-refractivity contribution in [1.82, 2.24) is 0 Å². The molecule has 3 atom stereocenters. The predicted molar refractivity (Wildman–Crippen MR) is 68.9 cm³/mol. The molecule has 1 heterocycles. The second-order valence-electron chi connectivity index (χ2n) is 4.82. The first-order valence-electron chi connectivity index (χ1n) is 6.03. The molecule has 3 unspecified atom stereocenters. The van der Waals surface area contributed by atoms with Crippen LogP contribution in [0.2, 0.25) is 0 Å². The summed E-state index contributed by atoms with van der Waals surface area (Å²) in [5.74, 6) is 0.551. The van der Waals surface area contributed by atoms with Crippen LogP contribution in [0.3, 0.4) is 0 Å². The number of hydrogen-bond acceptors (Lipinski definition) is 3. The smallest absolute Gasteiger partial charge is 0.106 e. The first-order valence-corrected chi connectivity index (χ1v) is 6.85. The number of alkyl halides is 1. The van der Waals surface area contributed by atoms with Crippen LogP contribution in [0.15, 0.2) is 0 Å². The normalized spacial score (nSPS) is 25.1. The van der Waals surface area contributed by atoms with Crippen molar-refractivity contribution >= 4 is 16.3 Å². The average Bonchev–Trinajstić information content (AvgIpc) is 2.62. The van der Waals surface area contributed by atoms with Gasteiger partial charge >= 0.3 is 0 Å². The maximum Gasteiger partial charge on any atom is 0.106 e. The molecule has 1 aliphatic rings. The summed E-state index contributed by atoms with van der Waals surface area (Å²) >= 11 is 1.39. The quantitative estimate of drug-likeness (QED) is 0.874. The second-order valence-corrected chi connectivity index (χ2v) is 5.96. The lowest BCUT2D eigenvalue weighted by Gasteiger charge is -2.29. The Hall–Kier alpha value is -1.08. The van der Waals surface area contributed by atoms with Gasteiger partial charge in [-0.25, -0.2) is 4.39 Å². The van der Waals surface area contributed by atoms with Gasteiger partial charge in [-0.05, 0) is 23.8 Å². The van der Waals surface area contributed by atoms with Gasteiger partial charge in [0.2, 0.25) is 0 Å². The van der Waals surface area contributed by atoms with Crippen LogP contribution < -0.4 is 5.73 Å². The fourth-order valence-corrected chi connectivity index (χ4v) is 3.80. The van der Waals surface area contributed by atoms with Crippen LogP contribution in [-0.2, 0) is 6.42 Å². The summed E-state index contributed by atoms with van der Waals surface area (Å²) in [6.07, 6.45) is 1.18. The zero-order valence-electron chi connectivity index (χ0n) is 10.2. The largest absolute Gasteiger partial charge is 0.389 e. The Morgan fingerprint density at radius 1 is 1.65 bits per heavy atom. The average molecular weight is 252 g/mol. The van der Waals surface area contributed by atoms with Gasteiger partial charge in [0, 0.05) is 11.3 Å². The van der Waals surface area contributed by atoms with E-state index in [1.165, 1.54) is 11.3 Å². The fourth-order valence-electron chi connectivity index (χ4n) is 2.65. The molecule has 0 amide bonds. The minimum Gasteiger partial charge on any atom is -0.389 e. The number of anilines is 1. The molecule has 4 heteroatoms. The molecule has 0 bridgehead atoms. The third kappa shape index (κ3) is 2.04. The molecule has 2 rings (SSSR count). The molecule has 0 fully saturated rings. The summed E-state index contributed by atoms with van der Waals surface area (Å²) in [5, 5.41) is 9.74. The van der Waals surface area contributed by atoms with E-state index < -0.39 is 6.17 Å². The highest BCUT2D eigenvalue weighted by Crippen LogP contribution is 2.46. The van der Waals surface area contributed by atoms with Crippen LogP contribution in [0.5, 0.6) is 0 Å². The molecule has 92 valence electrons. The Kier molecular flexibility index (Phi) is 3.39. The van der Waals surface area contributed by atoms with Crippen molar-refractivity contribution in [3.8, 4) is 6.07 Å². The minimum absolute atomic E-state index is 0.155. The highest BCUT2D eigenvalue weighted by atomic mass is 32.1. The van der Waals surface area contributed by atoms with Gasteiger partial charge in [0.25, 0.3) is 0 Å². The molecule has 0 saturated heterocycles. The first-order chi connectivity index (χ1) is 8.08. The van der Waals surface area contributed by atoms with E-state index in [4.69, 9.17) is 5.73 Å². The van der Waals surface area contributed by atoms with Gasteiger partial charge in [0.15, 0.2) is 0 Å². The van der Waals surface area contributed by atoms with Crippen molar-refractivity contribution in [1.29, 1.82) is 5.26 Å². The molecule has 0 spiro atoms. The molecule has 0 aliphatic heterocycles. The van der Waals surface area contributed by atoms with Crippen LogP contribution in [-0.4, -0.2) is 6.17 Å². The van der Waals surface area contributed by atoms with Gasteiger partial charge in [-0.3, -0.25) is 0 Å². The van der Waals surface area contributed by atoms with Crippen LogP contribution in [0.4, 0.5) is 9.39 Å². The maximum absolute atomic E-state index is 13.7. The van der Waals surface area contributed by atoms with E-state index in [1.54, 1.807) is 0 Å². The Bertz CT molecular complexity index is 461. The van der Waals surface area contributed by atoms with Crippen LogP contribution in [0, 0.1) is 17.2 Å². The Morgan fingerprint density at radius 3 is 2.94 bits per heavy atom. The molecule has 0 saturated carbocycles. The van der Waals surface area contributed by atoms with E-state index in [2.05, 4.69) is 19.9 Å². The predicted octanol–water partition coefficient (Wildman–Crippen LogP) is 3.62. The Balaban J connectivity index is 2.51. The van der Waals surface area contributed by atoms with E-state index in [0.717, 1.165) is 16.9 Å². The zero-order chi connectivity index (χ0) is 12.6. The number of halogens is 1. The third-order valence-corrected chi connectivity index (χ3v) is 4.84. The lowest BCUT2D eigenvalue weighted by Crippen LogP contribution is -2.23. The van der Waals surface area contributed by atoms with Gasteiger partial charge < -0.3 is 5.73 Å². The standard InChI is InChI=1S/C13H17FN2S/c1-3-7(2)9-4-8(14)5-11-12(9)10(6-15)13(16)17-11/h7-9H,3-5,16H2,1-2H3. The first kappa shape index (κ1) is 12.4. The molecule has 1 aliphatic carbocycles. The second kappa shape index (κ2) is 4.66. The van der Waals surface area contributed by atoms with E-state index in [1.807, 2.05) is 0 Å². The summed E-state index contributed by atoms with van der Waals surface area (Å²) in [4.78, 5) is 0.989. The molecular formula is C13H17FN2S. The van der Waals surface area contributed by atoms with Crippen molar-refractivity contribution in [3.63, 3.8) is 0 Å². The van der Waals surface area contributed by atoms with Crippen LogP contribution in [0.25, 0.3) is 0 Å². The van der Waals surface area contributed by atoms with Crippen molar-refractivity contribution in [2.75, 3.05) is 5.73 Å². The monoisotopic (exact) mass is 252 g/mol. The molecule has 1 aromatic heterocycles. The zero-order valence-corrected chi connectivity index (χ0v) is 11.0. The number of fused-ring (bicyclic) bond motifs is 1. The Morgan fingerprint density at radius 2 is 2.35 bits per heavy atom. The van der Waals surface area contributed by atoms with Gasteiger partial charge in [-0.15, -0.1) is 11.3 Å². The number of nitriles is 1. The fraction of sp³-hybridized carbons (Fsp3) is 0.615. The molecule has 2 nitrogen and oxygen atoms in total. The topological polar surface area (TPSA) is 49.8 Å². The van der Waals surface area contributed by atoms with Gasteiger partial charge in [-0.2, -0.15) is 5.26 Å². The van der Waals surface area contributed by atoms with Gasteiger partial charge in [0.1, 0.15) is 17.2 Å². The maximum atomic E-state index is 13.7. The summed E-state index contributed by atoms with van der Waals surface area (Å²) in [7, 11) is 0. The van der Waals surface area contributed by atoms with Crippen LogP contribution >= 0.6 is 11.3 Å². The lowest BCUT2D eigenvalue weighted by atomic mass is 9.76. The molecule has 0 radical (unpaired) electrons. The summed E-state index contributed by atoms with van der Waals surface area (Å²) < 4.78 is 13.7. The molecule has 0 aromatic carbocycles. The van der Waals surface area contributed by atoms with Crippen molar-refractivity contribution < 1.29 is 4.39 Å². The summed E-state index contributed by atoms with van der Waals surface area (Å²) in [6.45, 7) is 4.23. The van der Waals surface area contributed by atoms with E-state index in [9.17, 15) is 9.65 Å². The summed E-state index contributed by atoms with van der Waals surface area (Å²) in [6, 6.07) is 2.19.